The summed E-state index contributed by atoms with van der Waals surface area (Å²) in [6, 6.07) is 3.39. The first kappa shape index (κ1) is 14.3. The lowest BCUT2D eigenvalue weighted by atomic mass is 10.1. The molecule has 0 amide bonds. The molecular weight excluding hydrogens is 285 g/mol. The summed E-state index contributed by atoms with van der Waals surface area (Å²) in [7, 11) is 0. The number of hydrogen-bond acceptors (Lipinski definition) is 3. The molecule has 2 rings (SSSR count). The number of aliphatic hydroxyl groups is 1. The minimum Gasteiger partial charge on any atom is -0.388 e. The van der Waals surface area contributed by atoms with Gasteiger partial charge in [-0.15, -0.1) is 0 Å². The molecule has 0 radical (unpaired) electrons. The van der Waals surface area contributed by atoms with Crippen LogP contribution in [0.4, 0.5) is 0 Å². The highest BCUT2D eigenvalue weighted by atomic mass is 35.5. The molecule has 6 heteroatoms. The van der Waals surface area contributed by atoms with Crippen molar-refractivity contribution in [2.45, 2.75) is 32.9 Å². The summed E-state index contributed by atoms with van der Waals surface area (Å²) in [4.78, 5) is 3.90. The largest absolute Gasteiger partial charge is 0.388 e. The van der Waals surface area contributed by atoms with Gasteiger partial charge in [-0.2, -0.15) is 5.10 Å². The number of pyridine rings is 1. The number of rotatable bonds is 4. The Morgan fingerprint density at radius 3 is 2.79 bits per heavy atom. The minimum absolute atomic E-state index is 0.364. The summed E-state index contributed by atoms with van der Waals surface area (Å²) in [5.74, 6) is 0. The smallest absolute Gasteiger partial charge is 0.129 e. The molecule has 1 unspecified atom stereocenters. The van der Waals surface area contributed by atoms with Crippen LogP contribution in [0.1, 0.15) is 30.0 Å². The molecule has 19 heavy (non-hydrogen) atoms. The lowest BCUT2D eigenvalue weighted by molar-refractivity contribution is 0.175. The van der Waals surface area contributed by atoms with Gasteiger partial charge in [0.15, 0.2) is 0 Å². The van der Waals surface area contributed by atoms with Crippen LogP contribution in [0.25, 0.3) is 0 Å². The zero-order chi connectivity index (χ0) is 14.0. The lowest BCUT2D eigenvalue weighted by Crippen LogP contribution is -2.09. The van der Waals surface area contributed by atoms with Crippen LogP contribution in [0.15, 0.2) is 18.3 Å². The van der Waals surface area contributed by atoms with Crippen LogP contribution < -0.4 is 0 Å². The molecule has 2 aromatic rings. The second-order valence-corrected chi connectivity index (χ2v) is 5.06. The highest BCUT2D eigenvalue weighted by Crippen LogP contribution is 2.26. The first-order chi connectivity index (χ1) is 9.02. The first-order valence-electron chi connectivity index (χ1n) is 6.04. The third kappa shape index (κ3) is 3.08. The van der Waals surface area contributed by atoms with Gasteiger partial charge in [-0.3, -0.25) is 4.68 Å². The van der Waals surface area contributed by atoms with Gasteiger partial charge in [-0.05, 0) is 31.5 Å². The number of halogens is 2. The monoisotopic (exact) mass is 299 g/mol. The Labute approximate surface area is 122 Å². The molecule has 0 aliphatic carbocycles. The molecule has 0 aliphatic heterocycles. The van der Waals surface area contributed by atoms with Gasteiger partial charge >= 0.3 is 0 Å². The van der Waals surface area contributed by atoms with Crippen LogP contribution in [0.2, 0.25) is 10.2 Å². The van der Waals surface area contributed by atoms with Crippen LogP contribution in [0.5, 0.6) is 0 Å². The molecule has 2 aromatic heterocycles. The van der Waals surface area contributed by atoms with E-state index in [0.29, 0.717) is 23.1 Å². The van der Waals surface area contributed by atoms with E-state index in [-0.39, 0.29) is 0 Å². The van der Waals surface area contributed by atoms with Crippen LogP contribution in [-0.2, 0) is 13.0 Å². The molecule has 0 aromatic carbocycles. The van der Waals surface area contributed by atoms with Crippen molar-refractivity contribution in [1.29, 1.82) is 0 Å². The molecule has 0 bridgehead atoms. The molecule has 0 aliphatic rings. The maximum Gasteiger partial charge on any atom is 0.129 e. The summed E-state index contributed by atoms with van der Waals surface area (Å²) >= 11 is 12.0. The van der Waals surface area contributed by atoms with Gasteiger partial charge in [-0.1, -0.05) is 23.2 Å². The molecule has 1 N–H and O–H groups in total. The highest BCUT2D eigenvalue weighted by Gasteiger charge is 2.17. The fourth-order valence-electron chi connectivity index (χ4n) is 1.99. The zero-order valence-corrected chi connectivity index (χ0v) is 12.3. The van der Waals surface area contributed by atoms with Crippen molar-refractivity contribution in [3.05, 3.63) is 45.5 Å². The van der Waals surface area contributed by atoms with E-state index in [1.807, 2.05) is 18.5 Å². The summed E-state index contributed by atoms with van der Waals surface area (Å²) < 4.78 is 1.81. The van der Waals surface area contributed by atoms with E-state index in [1.54, 1.807) is 18.3 Å². The number of aliphatic hydroxyl groups excluding tert-OH is 1. The standard InChI is InChI=1S/C13H15Cl2N3O/c1-3-18-10(13(15)8(2)17-18)7-11(19)9-4-5-16-12(14)6-9/h4-6,11,19H,3,7H2,1-2H3. The van der Waals surface area contributed by atoms with Crippen molar-refractivity contribution in [1.82, 2.24) is 14.8 Å². The van der Waals surface area contributed by atoms with Crippen molar-refractivity contribution in [3.8, 4) is 0 Å². The number of aryl methyl sites for hydroxylation is 2. The maximum atomic E-state index is 10.3. The number of aromatic nitrogens is 3. The fourth-order valence-corrected chi connectivity index (χ4v) is 2.38. The maximum absolute atomic E-state index is 10.3. The fraction of sp³-hybridized carbons (Fsp3) is 0.385. The molecule has 0 saturated carbocycles. The molecule has 1 atom stereocenters. The van der Waals surface area contributed by atoms with Gasteiger partial charge in [0.2, 0.25) is 0 Å². The first-order valence-corrected chi connectivity index (χ1v) is 6.79. The van der Waals surface area contributed by atoms with Crippen molar-refractivity contribution >= 4 is 23.2 Å². The Kier molecular flexibility index (Phi) is 4.45. The topological polar surface area (TPSA) is 50.9 Å². The summed E-state index contributed by atoms with van der Waals surface area (Å²) in [5, 5.41) is 15.6. The lowest BCUT2D eigenvalue weighted by Gasteiger charge is -2.12. The summed E-state index contributed by atoms with van der Waals surface area (Å²) in [6.07, 6.45) is 1.29. The van der Waals surface area contributed by atoms with Gasteiger partial charge in [0.1, 0.15) is 5.15 Å². The predicted octanol–water partition coefficient (Wildman–Crippen LogP) is 3.19. The summed E-state index contributed by atoms with van der Waals surface area (Å²) in [6.45, 7) is 4.56. The zero-order valence-electron chi connectivity index (χ0n) is 10.8. The van der Waals surface area contributed by atoms with Crippen molar-refractivity contribution in [2.75, 3.05) is 0 Å². The van der Waals surface area contributed by atoms with Gasteiger partial charge in [0, 0.05) is 19.2 Å². The molecular formula is C13H15Cl2N3O. The SMILES string of the molecule is CCn1nc(C)c(Cl)c1CC(O)c1ccnc(Cl)c1. The number of hydrogen-bond donors (Lipinski definition) is 1. The van der Waals surface area contributed by atoms with Gasteiger partial charge in [0.05, 0.1) is 22.5 Å². The van der Waals surface area contributed by atoms with E-state index in [2.05, 4.69) is 10.1 Å². The van der Waals surface area contributed by atoms with E-state index in [0.717, 1.165) is 17.0 Å². The highest BCUT2D eigenvalue weighted by molar-refractivity contribution is 6.31. The van der Waals surface area contributed by atoms with Gasteiger partial charge in [-0.25, -0.2) is 4.98 Å². The van der Waals surface area contributed by atoms with E-state index < -0.39 is 6.10 Å². The predicted molar refractivity (Wildman–Crippen MR) is 75.6 cm³/mol. The molecule has 0 spiro atoms. The third-order valence-electron chi connectivity index (χ3n) is 2.97. The molecule has 2 heterocycles. The second kappa shape index (κ2) is 5.90. The Balaban J connectivity index is 2.26. The molecule has 0 saturated heterocycles. The van der Waals surface area contributed by atoms with Crippen molar-refractivity contribution in [2.24, 2.45) is 0 Å². The van der Waals surface area contributed by atoms with E-state index in [9.17, 15) is 5.11 Å². The Morgan fingerprint density at radius 2 is 2.16 bits per heavy atom. The quantitative estimate of drug-likeness (QED) is 0.882. The van der Waals surface area contributed by atoms with Crippen molar-refractivity contribution < 1.29 is 5.11 Å². The second-order valence-electron chi connectivity index (χ2n) is 4.29. The molecule has 0 fully saturated rings. The Hall–Kier alpha value is -1.10. The van der Waals surface area contributed by atoms with Crippen LogP contribution in [-0.4, -0.2) is 19.9 Å². The molecule has 102 valence electrons. The van der Waals surface area contributed by atoms with E-state index >= 15 is 0 Å². The van der Waals surface area contributed by atoms with Gasteiger partial charge < -0.3 is 5.11 Å². The Bertz CT molecular complexity index is 583. The number of nitrogens with zero attached hydrogens (tertiary/aromatic N) is 3. The average Bonchev–Trinajstić information content (AvgIpc) is 2.66. The average molecular weight is 300 g/mol. The van der Waals surface area contributed by atoms with Gasteiger partial charge in [0.25, 0.3) is 0 Å². The minimum atomic E-state index is -0.681. The van der Waals surface area contributed by atoms with E-state index in [4.69, 9.17) is 23.2 Å². The van der Waals surface area contributed by atoms with E-state index in [1.165, 1.54) is 0 Å². The Morgan fingerprint density at radius 1 is 1.42 bits per heavy atom. The summed E-state index contributed by atoms with van der Waals surface area (Å²) in [5.41, 5.74) is 2.33. The van der Waals surface area contributed by atoms with Crippen LogP contribution >= 0.6 is 23.2 Å². The third-order valence-corrected chi connectivity index (χ3v) is 3.67. The normalized spacial score (nSPS) is 12.7. The van der Waals surface area contributed by atoms with Crippen LogP contribution in [0, 0.1) is 6.92 Å². The van der Waals surface area contributed by atoms with Crippen molar-refractivity contribution in [3.63, 3.8) is 0 Å². The molecule has 4 nitrogen and oxygen atoms in total. The van der Waals surface area contributed by atoms with Crippen LogP contribution in [0.3, 0.4) is 0 Å².